The molecule has 20 heavy (non-hydrogen) atoms. The summed E-state index contributed by atoms with van der Waals surface area (Å²) in [5.74, 6) is 0.321. The van der Waals surface area contributed by atoms with Crippen LogP contribution in [0, 0.1) is 0 Å². The van der Waals surface area contributed by atoms with E-state index in [1.807, 2.05) is 32.2 Å². The maximum atomic E-state index is 6.10. The van der Waals surface area contributed by atoms with E-state index in [9.17, 15) is 0 Å². The highest BCUT2D eigenvalue weighted by Crippen LogP contribution is 2.27. The fourth-order valence-electron chi connectivity index (χ4n) is 1.34. The quantitative estimate of drug-likeness (QED) is 0.450. The summed E-state index contributed by atoms with van der Waals surface area (Å²) in [4.78, 5) is 9.01. The Morgan fingerprint density at radius 1 is 1.35 bits per heavy atom. The number of nitrogens with two attached hydrogens (primary N) is 2. The molecule has 0 fully saturated rings. The van der Waals surface area contributed by atoms with Crippen molar-refractivity contribution >= 4 is 53.4 Å². The zero-order chi connectivity index (χ0) is 14.4. The number of aliphatic imine (C=N–C) groups is 2. The second-order valence-corrected chi connectivity index (χ2v) is 5.31. The molecule has 0 spiro atoms. The third-order valence-electron chi connectivity index (χ3n) is 2.05. The Kier molecular flexibility index (Phi) is 8.45. The SMILES string of the molecule is CSc1ccc(N/C(N)=N/C(N)=NC(C)C)cc1Cl.Cl. The summed E-state index contributed by atoms with van der Waals surface area (Å²) in [6.07, 6.45) is 1.97. The first-order chi connectivity index (χ1) is 8.92. The molecule has 0 saturated heterocycles. The van der Waals surface area contributed by atoms with E-state index < -0.39 is 0 Å². The van der Waals surface area contributed by atoms with E-state index in [4.69, 9.17) is 23.1 Å². The molecule has 5 N–H and O–H groups in total. The first kappa shape index (κ1) is 18.9. The number of thioether (sulfide) groups is 1. The minimum Gasteiger partial charge on any atom is -0.369 e. The standard InChI is InChI=1S/C12H18ClN5S.ClH/c1-7(2)16-11(14)18-12(15)17-8-4-5-10(19-3)9(13)6-8;/h4-7H,1-3H3,(H5,14,15,16,17,18);1H. The van der Waals surface area contributed by atoms with Gasteiger partial charge in [-0.1, -0.05) is 11.6 Å². The summed E-state index contributed by atoms with van der Waals surface area (Å²) in [6.45, 7) is 3.82. The molecular weight excluding hydrogens is 317 g/mol. The Morgan fingerprint density at radius 3 is 2.50 bits per heavy atom. The van der Waals surface area contributed by atoms with Gasteiger partial charge in [-0.3, -0.25) is 0 Å². The Hall–Kier alpha value is -1.11. The summed E-state index contributed by atoms with van der Waals surface area (Å²) < 4.78 is 0. The van der Waals surface area contributed by atoms with Gasteiger partial charge >= 0.3 is 0 Å². The topological polar surface area (TPSA) is 88.8 Å². The van der Waals surface area contributed by atoms with Gasteiger partial charge in [-0.25, -0.2) is 4.99 Å². The van der Waals surface area contributed by atoms with E-state index in [0.717, 1.165) is 10.6 Å². The molecule has 8 heteroatoms. The van der Waals surface area contributed by atoms with Crippen molar-refractivity contribution in [3.05, 3.63) is 23.2 Å². The Labute approximate surface area is 134 Å². The van der Waals surface area contributed by atoms with E-state index in [0.29, 0.717) is 5.02 Å². The van der Waals surface area contributed by atoms with Crippen molar-refractivity contribution < 1.29 is 0 Å². The summed E-state index contributed by atoms with van der Waals surface area (Å²) in [6, 6.07) is 5.64. The highest BCUT2D eigenvalue weighted by atomic mass is 35.5. The van der Waals surface area contributed by atoms with Gasteiger partial charge in [-0.2, -0.15) is 4.99 Å². The second kappa shape index (κ2) is 8.94. The van der Waals surface area contributed by atoms with Gasteiger partial charge in [0.05, 0.1) is 5.02 Å². The molecule has 0 aromatic heterocycles. The lowest BCUT2D eigenvalue weighted by Crippen LogP contribution is -2.26. The van der Waals surface area contributed by atoms with Gasteiger partial charge in [0.2, 0.25) is 11.9 Å². The van der Waals surface area contributed by atoms with Crippen LogP contribution in [0.25, 0.3) is 0 Å². The largest absolute Gasteiger partial charge is 0.369 e. The summed E-state index contributed by atoms with van der Waals surface area (Å²) >= 11 is 7.68. The minimum atomic E-state index is 0. The molecule has 0 heterocycles. The van der Waals surface area contributed by atoms with Gasteiger partial charge in [0.15, 0.2) is 0 Å². The van der Waals surface area contributed by atoms with Crippen LogP contribution in [0.2, 0.25) is 5.02 Å². The third kappa shape index (κ3) is 6.36. The molecule has 112 valence electrons. The van der Waals surface area contributed by atoms with Gasteiger partial charge in [-0.15, -0.1) is 24.2 Å². The average molecular weight is 336 g/mol. The monoisotopic (exact) mass is 335 g/mol. The number of benzene rings is 1. The van der Waals surface area contributed by atoms with Gasteiger partial charge in [0.1, 0.15) is 0 Å². The maximum Gasteiger partial charge on any atom is 0.218 e. The Bertz CT molecular complexity index is 503. The van der Waals surface area contributed by atoms with Crippen LogP contribution in [-0.2, 0) is 0 Å². The lowest BCUT2D eigenvalue weighted by atomic mass is 10.3. The van der Waals surface area contributed by atoms with E-state index >= 15 is 0 Å². The molecule has 0 unspecified atom stereocenters. The molecule has 0 aliphatic rings. The highest BCUT2D eigenvalue weighted by Gasteiger charge is 2.02. The maximum absolute atomic E-state index is 6.10. The van der Waals surface area contributed by atoms with Crippen molar-refractivity contribution in [1.82, 2.24) is 0 Å². The molecule has 0 aliphatic carbocycles. The van der Waals surface area contributed by atoms with Crippen LogP contribution in [0.1, 0.15) is 13.8 Å². The molecule has 0 saturated carbocycles. The average Bonchev–Trinajstić information content (AvgIpc) is 2.27. The molecule has 5 nitrogen and oxygen atoms in total. The fraction of sp³-hybridized carbons (Fsp3) is 0.333. The van der Waals surface area contributed by atoms with Crippen LogP contribution in [0.4, 0.5) is 5.69 Å². The highest BCUT2D eigenvalue weighted by molar-refractivity contribution is 7.98. The number of hydrogen-bond acceptors (Lipinski definition) is 2. The summed E-state index contributed by atoms with van der Waals surface area (Å²) in [7, 11) is 0. The number of nitrogens with zero attached hydrogens (tertiary/aromatic N) is 2. The van der Waals surface area contributed by atoms with Crippen LogP contribution < -0.4 is 16.8 Å². The van der Waals surface area contributed by atoms with Crippen LogP contribution in [0.3, 0.4) is 0 Å². The van der Waals surface area contributed by atoms with Crippen molar-refractivity contribution in [3.8, 4) is 0 Å². The van der Waals surface area contributed by atoms with Crippen LogP contribution in [-0.4, -0.2) is 24.2 Å². The fourth-order valence-corrected chi connectivity index (χ4v) is 2.21. The lowest BCUT2D eigenvalue weighted by Gasteiger charge is -2.08. The van der Waals surface area contributed by atoms with Crippen molar-refractivity contribution in [2.75, 3.05) is 11.6 Å². The summed E-state index contributed by atoms with van der Waals surface area (Å²) in [5.41, 5.74) is 12.1. The molecule has 0 amide bonds. The molecule has 0 bridgehead atoms. The Morgan fingerprint density at radius 2 is 2.00 bits per heavy atom. The molecule has 0 aliphatic heterocycles. The number of guanidine groups is 2. The van der Waals surface area contributed by atoms with Crippen molar-refractivity contribution in [2.45, 2.75) is 24.8 Å². The van der Waals surface area contributed by atoms with Gasteiger partial charge < -0.3 is 16.8 Å². The van der Waals surface area contributed by atoms with Gasteiger partial charge in [-0.05, 0) is 38.3 Å². The molecule has 1 aromatic carbocycles. The van der Waals surface area contributed by atoms with Crippen molar-refractivity contribution in [1.29, 1.82) is 0 Å². The van der Waals surface area contributed by atoms with Crippen molar-refractivity contribution in [3.63, 3.8) is 0 Å². The van der Waals surface area contributed by atoms with E-state index in [-0.39, 0.29) is 30.4 Å². The van der Waals surface area contributed by atoms with Crippen molar-refractivity contribution in [2.24, 2.45) is 21.5 Å². The number of rotatable bonds is 3. The van der Waals surface area contributed by atoms with Crippen LogP contribution in [0.5, 0.6) is 0 Å². The zero-order valence-electron chi connectivity index (χ0n) is 11.6. The molecule has 0 atom stereocenters. The lowest BCUT2D eigenvalue weighted by molar-refractivity contribution is 0.831. The van der Waals surface area contributed by atoms with Gasteiger partial charge in [0, 0.05) is 16.6 Å². The van der Waals surface area contributed by atoms with Crippen LogP contribution >= 0.6 is 35.8 Å². The van der Waals surface area contributed by atoms with E-state index in [2.05, 4.69) is 15.3 Å². The molecular formula is C12H19Cl2N5S. The molecule has 0 radical (unpaired) electrons. The number of hydrogen-bond donors (Lipinski definition) is 3. The minimum absolute atomic E-state index is 0. The number of nitrogens with one attached hydrogen (secondary N) is 1. The zero-order valence-corrected chi connectivity index (χ0v) is 13.9. The number of anilines is 1. The summed E-state index contributed by atoms with van der Waals surface area (Å²) in [5, 5.41) is 3.57. The molecule has 1 rings (SSSR count). The predicted octanol–water partition coefficient (Wildman–Crippen LogP) is 2.93. The predicted molar refractivity (Wildman–Crippen MR) is 92.5 cm³/mol. The van der Waals surface area contributed by atoms with Crippen LogP contribution in [0.15, 0.2) is 33.1 Å². The van der Waals surface area contributed by atoms with Gasteiger partial charge in [0.25, 0.3) is 0 Å². The normalized spacial score (nSPS) is 12.2. The second-order valence-electron chi connectivity index (χ2n) is 4.05. The first-order valence-corrected chi connectivity index (χ1v) is 7.30. The number of halogens is 2. The van der Waals surface area contributed by atoms with E-state index in [1.54, 1.807) is 17.8 Å². The Balaban J connectivity index is 0.00000361. The third-order valence-corrected chi connectivity index (χ3v) is 3.27. The first-order valence-electron chi connectivity index (χ1n) is 5.70. The van der Waals surface area contributed by atoms with E-state index in [1.165, 1.54) is 0 Å². The molecule has 1 aromatic rings. The smallest absolute Gasteiger partial charge is 0.218 e.